The molecule has 1 fully saturated rings. The molecule has 1 aliphatic heterocycles. The van der Waals surface area contributed by atoms with Crippen molar-refractivity contribution in [2.75, 3.05) is 25.1 Å². The molecule has 27 heavy (non-hydrogen) atoms. The maximum atomic E-state index is 13.4. The van der Waals surface area contributed by atoms with Gasteiger partial charge in [-0.1, -0.05) is 13.8 Å². The summed E-state index contributed by atoms with van der Waals surface area (Å²) < 4.78 is 18.7. The Balaban J connectivity index is 1.70. The number of amides is 1. The van der Waals surface area contributed by atoms with E-state index in [-0.39, 0.29) is 11.7 Å². The first-order chi connectivity index (χ1) is 13.0. The number of nitrogens with zero attached hydrogens (tertiary/aromatic N) is 2. The molecule has 3 N–H and O–H groups in total. The molecule has 0 saturated carbocycles. The van der Waals surface area contributed by atoms with Crippen molar-refractivity contribution in [2.45, 2.75) is 33.1 Å². The summed E-state index contributed by atoms with van der Waals surface area (Å²) in [5.74, 6) is 1.12. The second-order valence-corrected chi connectivity index (χ2v) is 7.28. The van der Waals surface area contributed by atoms with Crippen LogP contribution in [-0.2, 0) is 9.53 Å². The predicted octanol–water partition coefficient (Wildman–Crippen LogP) is 3.06. The standard InChI is InChI=1S/C19H26FN5O2/c1-12(2)11-21-19(22-17(26)9-13-5-7-27-8-6-13)23-18-15-4-3-14(20)10-16(15)24-25-18/h3-4,10,12-13H,5-9,11H2,1-2H3,(H3,21,22,23,24,25,26). The van der Waals surface area contributed by atoms with E-state index in [1.165, 1.54) is 12.1 Å². The number of H-pyrrole nitrogens is 1. The molecule has 1 saturated heterocycles. The van der Waals surface area contributed by atoms with Gasteiger partial charge in [0.25, 0.3) is 0 Å². The fraction of sp³-hybridized carbons (Fsp3) is 0.526. The lowest BCUT2D eigenvalue weighted by Gasteiger charge is -2.21. The van der Waals surface area contributed by atoms with Crippen LogP contribution in [-0.4, -0.2) is 41.8 Å². The summed E-state index contributed by atoms with van der Waals surface area (Å²) in [6.45, 7) is 6.09. The number of aromatic amines is 1. The zero-order valence-electron chi connectivity index (χ0n) is 15.7. The van der Waals surface area contributed by atoms with Crippen LogP contribution in [0.1, 0.15) is 33.1 Å². The van der Waals surface area contributed by atoms with Gasteiger partial charge in [-0.05, 0) is 42.9 Å². The van der Waals surface area contributed by atoms with Gasteiger partial charge in [-0.3, -0.25) is 20.2 Å². The second kappa shape index (κ2) is 8.94. The fourth-order valence-electron chi connectivity index (χ4n) is 2.98. The van der Waals surface area contributed by atoms with Crippen molar-refractivity contribution in [2.24, 2.45) is 16.8 Å². The topological polar surface area (TPSA) is 91.4 Å². The summed E-state index contributed by atoms with van der Waals surface area (Å²) >= 11 is 0. The van der Waals surface area contributed by atoms with Gasteiger partial charge >= 0.3 is 0 Å². The van der Waals surface area contributed by atoms with E-state index < -0.39 is 0 Å². The zero-order chi connectivity index (χ0) is 19.2. The number of fused-ring (bicyclic) bond motifs is 1. The third kappa shape index (κ3) is 5.50. The highest BCUT2D eigenvalue weighted by atomic mass is 19.1. The number of hydrogen-bond donors (Lipinski definition) is 3. The molecule has 1 amide bonds. The first kappa shape index (κ1) is 19.3. The maximum absolute atomic E-state index is 13.4. The first-order valence-corrected chi connectivity index (χ1v) is 9.34. The van der Waals surface area contributed by atoms with E-state index >= 15 is 0 Å². The fourth-order valence-corrected chi connectivity index (χ4v) is 2.98. The number of nitrogens with one attached hydrogen (secondary N) is 3. The molecule has 0 atom stereocenters. The number of anilines is 1. The molecule has 1 aromatic heterocycles. The van der Waals surface area contributed by atoms with Crippen LogP contribution in [0.4, 0.5) is 10.2 Å². The number of aromatic nitrogens is 2. The highest BCUT2D eigenvalue weighted by molar-refractivity contribution is 6.07. The van der Waals surface area contributed by atoms with E-state index in [4.69, 9.17) is 4.74 Å². The second-order valence-electron chi connectivity index (χ2n) is 7.28. The molecule has 0 unspecified atom stereocenters. The lowest BCUT2D eigenvalue weighted by Crippen LogP contribution is -2.38. The van der Waals surface area contributed by atoms with E-state index in [0.717, 1.165) is 18.2 Å². The number of hydrogen-bond acceptors (Lipinski definition) is 4. The molecule has 0 bridgehead atoms. The quantitative estimate of drug-likeness (QED) is 0.553. The number of halogens is 1. The van der Waals surface area contributed by atoms with Crippen LogP contribution in [0.2, 0.25) is 0 Å². The maximum Gasteiger partial charge on any atom is 0.226 e. The van der Waals surface area contributed by atoms with Crippen molar-refractivity contribution >= 4 is 28.6 Å². The summed E-state index contributed by atoms with van der Waals surface area (Å²) in [6.07, 6.45) is 2.24. The number of carbonyl (C=O) groups excluding carboxylic acids is 1. The number of aliphatic imine (C=N–C) groups is 1. The number of rotatable bonds is 5. The van der Waals surface area contributed by atoms with Crippen LogP contribution in [0.3, 0.4) is 0 Å². The van der Waals surface area contributed by atoms with Crippen molar-refractivity contribution in [3.05, 3.63) is 24.0 Å². The Kier molecular flexibility index (Phi) is 6.39. The van der Waals surface area contributed by atoms with Gasteiger partial charge in [-0.2, -0.15) is 5.10 Å². The largest absolute Gasteiger partial charge is 0.381 e. The van der Waals surface area contributed by atoms with Crippen LogP contribution in [0.5, 0.6) is 0 Å². The smallest absolute Gasteiger partial charge is 0.226 e. The Morgan fingerprint density at radius 2 is 2.19 bits per heavy atom. The number of carbonyl (C=O) groups is 1. The molecule has 0 spiro atoms. The minimum absolute atomic E-state index is 0.0807. The molecule has 146 valence electrons. The number of ether oxygens (including phenoxy) is 1. The number of guanidine groups is 1. The number of benzene rings is 1. The molecule has 2 aromatic rings. The average molecular weight is 375 g/mol. The lowest BCUT2D eigenvalue weighted by atomic mass is 9.96. The Bertz CT molecular complexity index is 812. The lowest BCUT2D eigenvalue weighted by molar-refractivity contribution is -0.121. The van der Waals surface area contributed by atoms with Gasteiger partial charge in [0.05, 0.1) is 5.52 Å². The summed E-state index contributed by atoms with van der Waals surface area (Å²) in [7, 11) is 0. The molecule has 1 aliphatic rings. The third-order valence-electron chi connectivity index (χ3n) is 4.45. The highest BCUT2D eigenvalue weighted by Gasteiger charge is 2.19. The molecule has 8 heteroatoms. The SMILES string of the molecule is CC(C)CN=C(NC(=O)CC1CCOCC1)Nc1n[nH]c2cc(F)ccc12. The summed E-state index contributed by atoms with van der Waals surface area (Å²) in [5, 5.41) is 13.6. The van der Waals surface area contributed by atoms with Crippen LogP contribution in [0.25, 0.3) is 10.9 Å². The van der Waals surface area contributed by atoms with E-state index in [1.54, 1.807) is 6.07 Å². The van der Waals surface area contributed by atoms with Crippen molar-refractivity contribution in [3.8, 4) is 0 Å². The van der Waals surface area contributed by atoms with Gasteiger partial charge in [-0.15, -0.1) is 0 Å². The van der Waals surface area contributed by atoms with E-state index in [9.17, 15) is 9.18 Å². The minimum atomic E-state index is -0.337. The van der Waals surface area contributed by atoms with Crippen molar-refractivity contribution < 1.29 is 13.9 Å². The summed E-state index contributed by atoms with van der Waals surface area (Å²) in [5.41, 5.74) is 0.578. The van der Waals surface area contributed by atoms with Crippen LogP contribution in [0, 0.1) is 17.7 Å². The first-order valence-electron chi connectivity index (χ1n) is 9.34. The molecular formula is C19H26FN5O2. The molecule has 7 nitrogen and oxygen atoms in total. The van der Waals surface area contributed by atoms with Crippen molar-refractivity contribution in [1.29, 1.82) is 0 Å². The predicted molar refractivity (Wildman–Crippen MR) is 103 cm³/mol. The summed E-state index contributed by atoms with van der Waals surface area (Å²) in [4.78, 5) is 16.9. The molecular weight excluding hydrogens is 349 g/mol. The van der Waals surface area contributed by atoms with E-state index in [0.29, 0.717) is 55.3 Å². The summed E-state index contributed by atoms with van der Waals surface area (Å²) in [6, 6.07) is 4.39. The Labute approximate surface area is 157 Å². The van der Waals surface area contributed by atoms with Gasteiger partial charge in [-0.25, -0.2) is 4.39 Å². The molecule has 0 radical (unpaired) electrons. The third-order valence-corrected chi connectivity index (χ3v) is 4.45. The Hall–Kier alpha value is -2.48. The van der Waals surface area contributed by atoms with Gasteiger partial charge in [0, 0.05) is 31.6 Å². The molecule has 0 aliphatic carbocycles. The van der Waals surface area contributed by atoms with Crippen LogP contribution >= 0.6 is 0 Å². The van der Waals surface area contributed by atoms with Crippen molar-refractivity contribution in [3.63, 3.8) is 0 Å². The monoisotopic (exact) mass is 375 g/mol. The van der Waals surface area contributed by atoms with Crippen LogP contribution in [0.15, 0.2) is 23.2 Å². The Morgan fingerprint density at radius 1 is 1.41 bits per heavy atom. The van der Waals surface area contributed by atoms with Gasteiger partial charge in [0.15, 0.2) is 5.82 Å². The molecule has 2 heterocycles. The molecule has 1 aromatic carbocycles. The van der Waals surface area contributed by atoms with Gasteiger partial charge < -0.3 is 10.1 Å². The Morgan fingerprint density at radius 3 is 2.93 bits per heavy atom. The zero-order valence-corrected chi connectivity index (χ0v) is 15.7. The minimum Gasteiger partial charge on any atom is -0.381 e. The highest BCUT2D eigenvalue weighted by Crippen LogP contribution is 2.21. The molecule has 3 rings (SSSR count). The van der Waals surface area contributed by atoms with Crippen molar-refractivity contribution in [1.82, 2.24) is 15.5 Å². The van der Waals surface area contributed by atoms with Crippen LogP contribution < -0.4 is 10.6 Å². The van der Waals surface area contributed by atoms with E-state index in [1.807, 2.05) is 0 Å². The normalized spacial score (nSPS) is 16.1. The van der Waals surface area contributed by atoms with Gasteiger partial charge in [0.1, 0.15) is 5.82 Å². The van der Waals surface area contributed by atoms with Gasteiger partial charge in [0.2, 0.25) is 11.9 Å². The average Bonchev–Trinajstić information content (AvgIpc) is 3.02. The van der Waals surface area contributed by atoms with E-state index in [2.05, 4.69) is 39.7 Å².